The van der Waals surface area contributed by atoms with Crippen LogP contribution in [0.5, 0.6) is 0 Å². The van der Waals surface area contributed by atoms with Gasteiger partial charge < -0.3 is 25.3 Å². The lowest BCUT2D eigenvalue weighted by molar-refractivity contribution is -0.137. The molecule has 2 aliphatic heterocycles. The number of hydrogen-bond acceptors (Lipinski definition) is 7. The Morgan fingerprint density at radius 1 is 0.872 bits per heavy atom. The number of carbonyl (C=O) groups is 3. The van der Waals surface area contributed by atoms with Crippen LogP contribution in [-0.2, 0) is 12.6 Å². The number of anilines is 4. The van der Waals surface area contributed by atoms with E-state index in [9.17, 15) is 27.6 Å². The van der Waals surface area contributed by atoms with Crippen LogP contribution in [0, 0.1) is 6.92 Å². The first-order valence-corrected chi connectivity index (χ1v) is 15.1. The van der Waals surface area contributed by atoms with Crippen molar-refractivity contribution < 1.29 is 27.6 Å². The summed E-state index contributed by atoms with van der Waals surface area (Å²) in [7, 11) is 2.04. The highest BCUT2D eigenvalue weighted by Gasteiger charge is 2.31. The zero-order chi connectivity index (χ0) is 33.3. The van der Waals surface area contributed by atoms with E-state index < -0.39 is 17.6 Å². The van der Waals surface area contributed by atoms with Crippen molar-refractivity contribution in [1.29, 1.82) is 0 Å². The molecule has 13 heteroatoms. The molecular formula is C34H32F3N7O3. The third kappa shape index (κ3) is 6.94. The standard InChI is InChI=1S/C34H32F3N7O3/c1-21-6-9-26(39-30(45)23-4-3-5-24(18-23)34(35,36)37)19-29(21)44-13-12-28-27(32(44)47)20-38-33(41-28)40-25-10-7-22(8-11-25)31(46)43-16-14-42(2)15-17-43/h3-11,18-20H,12-17H2,1-2H3,(H,39,45)(H,38,40,41). The summed E-state index contributed by atoms with van der Waals surface area (Å²) in [6.45, 7) is 5.22. The van der Waals surface area contributed by atoms with Crippen molar-refractivity contribution in [2.45, 2.75) is 19.5 Å². The van der Waals surface area contributed by atoms with Crippen LogP contribution in [-0.4, -0.2) is 77.3 Å². The summed E-state index contributed by atoms with van der Waals surface area (Å²) in [5, 5.41) is 5.78. The number of likely N-dealkylation sites (N-methyl/N-ethyl adjacent to an activating group) is 1. The van der Waals surface area contributed by atoms with E-state index in [0.717, 1.165) is 30.8 Å². The number of fused-ring (bicyclic) bond motifs is 1. The Balaban J connectivity index is 1.13. The molecule has 1 fully saturated rings. The summed E-state index contributed by atoms with van der Waals surface area (Å²) < 4.78 is 39.4. The number of carbonyl (C=O) groups excluding carboxylic acids is 3. The summed E-state index contributed by atoms with van der Waals surface area (Å²) in [5.74, 6) is -0.699. The molecule has 2 N–H and O–H groups in total. The quantitative estimate of drug-likeness (QED) is 0.290. The van der Waals surface area contributed by atoms with Crippen LogP contribution in [0.25, 0.3) is 0 Å². The number of hydrogen-bond donors (Lipinski definition) is 2. The number of nitrogens with one attached hydrogen (secondary N) is 2. The van der Waals surface area contributed by atoms with Crippen LogP contribution < -0.4 is 15.5 Å². The first-order chi connectivity index (χ1) is 22.5. The minimum absolute atomic E-state index is 0.00313. The average Bonchev–Trinajstić information content (AvgIpc) is 3.06. The van der Waals surface area contributed by atoms with Gasteiger partial charge in [0.1, 0.15) is 0 Å². The number of aromatic nitrogens is 2. The van der Waals surface area contributed by atoms with Gasteiger partial charge in [-0.1, -0.05) is 12.1 Å². The summed E-state index contributed by atoms with van der Waals surface area (Å²) in [6, 6.07) is 16.3. The van der Waals surface area contributed by atoms with Crippen LogP contribution in [0.15, 0.2) is 72.9 Å². The number of amides is 3. The molecule has 0 spiro atoms. The molecule has 0 unspecified atom stereocenters. The second kappa shape index (κ2) is 12.8. The van der Waals surface area contributed by atoms with Gasteiger partial charge >= 0.3 is 6.18 Å². The third-order valence-electron chi connectivity index (χ3n) is 8.30. The number of piperazine rings is 1. The van der Waals surface area contributed by atoms with Gasteiger partial charge in [0.25, 0.3) is 17.7 Å². The molecule has 0 radical (unpaired) electrons. The number of nitrogens with zero attached hydrogens (tertiary/aromatic N) is 5. The highest BCUT2D eigenvalue weighted by molar-refractivity contribution is 6.09. The van der Waals surface area contributed by atoms with E-state index in [0.29, 0.717) is 65.9 Å². The van der Waals surface area contributed by atoms with Crippen LogP contribution in [0.1, 0.15) is 47.9 Å². The summed E-state index contributed by atoms with van der Waals surface area (Å²) in [4.78, 5) is 53.8. The number of alkyl halides is 3. The molecule has 3 aromatic carbocycles. The highest BCUT2D eigenvalue weighted by Crippen LogP contribution is 2.31. The van der Waals surface area contributed by atoms with Gasteiger partial charge in [0, 0.05) is 73.5 Å². The minimum atomic E-state index is -4.57. The molecule has 1 aromatic heterocycles. The monoisotopic (exact) mass is 643 g/mol. The zero-order valence-corrected chi connectivity index (χ0v) is 25.8. The molecule has 3 amide bonds. The molecule has 0 saturated carbocycles. The van der Waals surface area contributed by atoms with Crippen molar-refractivity contribution in [3.05, 3.63) is 106 Å². The molecule has 0 aliphatic carbocycles. The van der Waals surface area contributed by atoms with E-state index in [1.54, 1.807) is 47.4 Å². The van der Waals surface area contributed by atoms with Gasteiger partial charge in [0.15, 0.2) is 0 Å². The van der Waals surface area contributed by atoms with Crippen LogP contribution in [0.4, 0.5) is 36.2 Å². The molecular weight excluding hydrogens is 611 g/mol. The van der Waals surface area contributed by atoms with Crippen LogP contribution in [0.3, 0.4) is 0 Å². The van der Waals surface area contributed by atoms with Gasteiger partial charge in [0.2, 0.25) is 5.95 Å². The van der Waals surface area contributed by atoms with Crippen LogP contribution >= 0.6 is 0 Å². The maximum absolute atomic E-state index is 13.6. The third-order valence-corrected chi connectivity index (χ3v) is 8.30. The van der Waals surface area contributed by atoms with Crippen molar-refractivity contribution in [2.24, 2.45) is 0 Å². The fourth-order valence-electron chi connectivity index (χ4n) is 5.58. The molecule has 4 aromatic rings. The van der Waals surface area contributed by atoms with Crippen molar-refractivity contribution in [2.75, 3.05) is 55.3 Å². The lowest BCUT2D eigenvalue weighted by Crippen LogP contribution is -2.47. The number of halogens is 3. The largest absolute Gasteiger partial charge is 0.416 e. The lowest BCUT2D eigenvalue weighted by Gasteiger charge is -2.32. The fraction of sp³-hybridized carbons (Fsp3) is 0.265. The topological polar surface area (TPSA) is 111 Å². The Morgan fingerprint density at radius 2 is 1.60 bits per heavy atom. The smallest absolute Gasteiger partial charge is 0.336 e. The molecule has 3 heterocycles. The summed E-state index contributed by atoms with van der Waals surface area (Å²) >= 11 is 0. The molecule has 2 aliphatic rings. The first-order valence-electron chi connectivity index (χ1n) is 15.1. The Labute approximate surface area is 269 Å². The van der Waals surface area contributed by atoms with Crippen molar-refractivity contribution >= 4 is 40.7 Å². The van der Waals surface area contributed by atoms with E-state index >= 15 is 0 Å². The number of benzene rings is 3. The van der Waals surface area contributed by atoms with E-state index in [4.69, 9.17) is 0 Å². The molecule has 47 heavy (non-hydrogen) atoms. The normalized spacial score (nSPS) is 15.3. The molecule has 242 valence electrons. The number of aryl methyl sites for hydroxylation is 1. The molecule has 10 nitrogen and oxygen atoms in total. The SMILES string of the molecule is Cc1ccc(NC(=O)c2cccc(C(F)(F)F)c2)cc1N1CCc2nc(Nc3ccc(C(=O)N4CCN(C)CC4)cc3)ncc2C1=O. The predicted octanol–water partition coefficient (Wildman–Crippen LogP) is 5.39. The van der Waals surface area contributed by atoms with E-state index in [1.807, 2.05) is 18.9 Å². The van der Waals surface area contributed by atoms with Gasteiger partial charge in [0.05, 0.1) is 16.8 Å². The van der Waals surface area contributed by atoms with Crippen molar-refractivity contribution in [3.63, 3.8) is 0 Å². The number of rotatable bonds is 6. The second-order valence-corrected chi connectivity index (χ2v) is 11.6. The molecule has 0 atom stereocenters. The lowest BCUT2D eigenvalue weighted by atomic mass is 10.0. The predicted molar refractivity (Wildman–Crippen MR) is 171 cm³/mol. The highest BCUT2D eigenvalue weighted by atomic mass is 19.4. The molecule has 6 rings (SSSR count). The maximum atomic E-state index is 13.6. The van der Waals surface area contributed by atoms with E-state index in [2.05, 4.69) is 25.5 Å². The van der Waals surface area contributed by atoms with Gasteiger partial charge in [-0.2, -0.15) is 13.2 Å². The average molecular weight is 644 g/mol. The van der Waals surface area contributed by atoms with Gasteiger partial charge in [-0.05, 0) is 74.1 Å². The first kappa shape index (κ1) is 31.7. The maximum Gasteiger partial charge on any atom is 0.416 e. The summed E-state index contributed by atoms with van der Waals surface area (Å²) in [5.41, 5.74) is 2.82. The second-order valence-electron chi connectivity index (χ2n) is 11.6. The van der Waals surface area contributed by atoms with Gasteiger partial charge in [-0.25, -0.2) is 9.97 Å². The summed E-state index contributed by atoms with van der Waals surface area (Å²) in [6.07, 6.45) is -2.66. The van der Waals surface area contributed by atoms with Crippen molar-refractivity contribution in [1.82, 2.24) is 19.8 Å². The molecule has 0 bridgehead atoms. The van der Waals surface area contributed by atoms with E-state index in [-0.39, 0.29) is 17.4 Å². The minimum Gasteiger partial charge on any atom is -0.336 e. The Kier molecular flexibility index (Phi) is 8.65. The van der Waals surface area contributed by atoms with E-state index in [1.165, 1.54) is 18.3 Å². The Bertz CT molecular complexity index is 1840. The van der Waals surface area contributed by atoms with Crippen molar-refractivity contribution in [3.8, 4) is 0 Å². The Hall–Kier alpha value is -5.30. The molecule has 1 saturated heterocycles. The van der Waals surface area contributed by atoms with Gasteiger partial charge in [-0.15, -0.1) is 0 Å². The Morgan fingerprint density at radius 3 is 2.32 bits per heavy atom. The fourth-order valence-corrected chi connectivity index (χ4v) is 5.58. The zero-order valence-electron chi connectivity index (χ0n) is 25.8. The van der Waals surface area contributed by atoms with Crippen LogP contribution in [0.2, 0.25) is 0 Å². The van der Waals surface area contributed by atoms with Gasteiger partial charge in [-0.3, -0.25) is 14.4 Å².